The van der Waals surface area contributed by atoms with Crippen LogP contribution in [0.2, 0.25) is 0 Å². The number of likely N-dealkylation sites (tertiary alicyclic amines) is 1. The predicted octanol–water partition coefficient (Wildman–Crippen LogP) is 2.61. The highest BCUT2D eigenvalue weighted by molar-refractivity contribution is 5.96. The lowest BCUT2D eigenvalue weighted by Crippen LogP contribution is -2.49. The van der Waals surface area contributed by atoms with Crippen molar-refractivity contribution in [2.24, 2.45) is 5.92 Å². The second kappa shape index (κ2) is 8.38. The number of rotatable bonds is 5. The number of anilines is 1. The molecule has 9 nitrogen and oxygen atoms in total. The van der Waals surface area contributed by atoms with Crippen LogP contribution in [0, 0.1) is 16.0 Å². The molecule has 5 rings (SSSR count). The summed E-state index contributed by atoms with van der Waals surface area (Å²) in [4.78, 5) is 38.5. The monoisotopic (exact) mass is 438 g/mol. The summed E-state index contributed by atoms with van der Waals surface area (Å²) in [5.41, 5.74) is 1.56. The zero-order valence-electron chi connectivity index (χ0n) is 17.7. The number of nitrogens with one attached hydrogen (secondary N) is 1. The molecule has 32 heavy (non-hydrogen) atoms. The van der Waals surface area contributed by atoms with Crippen LogP contribution in [0.3, 0.4) is 0 Å². The van der Waals surface area contributed by atoms with Crippen molar-refractivity contribution >= 4 is 17.3 Å². The molecule has 0 saturated carbocycles. The lowest BCUT2D eigenvalue weighted by atomic mass is 9.83. The normalized spacial score (nSPS) is 24.1. The van der Waals surface area contributed by atoms with Gasteiger partial charge in [-0.25, -0.2) is 0 Å². The van der Waals surface area contributed by atoms with Gasteiger partial charge in [0.15, 0.2) is 0 Å². The number of piperidine rings is 1. The quantitative estimate of drug-likeness (QED) is 0.568. The molecular formula is C23H26N4O5. The number of aromatic nitrogens is 1. The fraction of sp³-hybridized carbons (Fsp3) is 0.478. The smallest absolute Gasteiger partial charge is 0.293 e. The number of amides is 1. The topological polar surface area (TPSA) is 107 Å². The summed E-state index contributed by atoms with van der Waals surface area (Å²) in [5, 5.41) is 14.8. The Morgan fingerprint density at radius 1 is 1.22 bits per heavy atom. The van der Waals surface area contributed by atoms with E-state index in [1.165, 1.54) is 6.07 Å². The molecule has 1 aromatic heterocycles. The van der Waals surface area contributed by atoms with E-state index < -0.39 is 4.92 Å². The van der Waals surface area contributed by atoms with Gasteiger partial charge in [0.25, 0.3) is 17.2 Å². The van der Waals surface area contributed by atoms with Gasteiger partial charge in [0.2, 0.25) is 0 Å². The van der Waals surface area contributed by atoms with E-state index >= 15 is 0 Å². The molecule has 2 bridgehead atoms. The number of benzene rings is 1. The van der Waals surface area contributed by atoms with E-state index in [1.54, 1.807) is 29.2 Å². The molecule has 2 aromatic rings. The van der Waals surface area contributed by atoms with E-state index in [0.717, 1.165) is 31.6 Å². The first-order chi connectivity index (χ1) is 15.5. The number of carbonyl (C=O) groups is 1. The van der Waals surface area contributed by atoms with Gasteiger partial charge >= 0.3 is 0 Å². The van der Waals surface area contributed by atoms with Crippen molar-refractivity contribution in [1.82, 2.24) is 9.47 Å². The van der Waals surface area contributed by atoms with Crippen LogP contribution < -0.4 is 10.9 Å². The number of nitro benzene ring substituents is 1. The molecule has 3 aliphatic rings. The third-order valence-electron chi connectivity index (χ3n) is 6.75. The zero-order chi connectivity index (χ0) is 22.2. The van der Waals surface area contributed by atoms with Gasteiger partial charge in [-0.05, 0) is 43.4 Å². The van der Waals surface area contributed by atoms with Gasteiger partial charge in [-0.2, -0.15) is 0 Å². The molecule has 0 radical (unpaired) electrons. The van der Waals surface area contributed by atoms with Crippen molar-refractivity contribution in [2.75, 3.05) is 31.6 Å². The summed E-state index contributed by atoms with van der Waals surface area (Å²) in [5.74, 6) is 0.0931. The number of hydrogen-bond acceptors (Lipinski definition) is 6. The third kappa shape index (κ3) is 3.88. The number of carbonyl (C=O) groups excluding carboxylic acids is 1. The van der Waals surface area contributed by atoms with Gasteiger partial charge in [0.1, 0.15) is 5.69 Å². The van der Waals surface area contributed by atoms with E-state index in [2.05, 4.69) is 5.32 Å². The van der Waals surface area contributed by atoms with Crippen LogP contribution in [0.15, 0.2) is 41.2 Å². The lowest BCUT2D eigenvalue weighted by molar-refractivity contribution is -0.384. The summed E-state index contributed by atoms with van der Waals surface area (Å²) in [7, 11) is 0. The number of nitrogens with zero attached hydrogens (tertiary/aromatic N) is 3. The Morgan fingerprint density at radius 3 is 2.88 bits per heavy atom. The number of hydrogen-bond donors (Lipinski definition) is 1. The van der Waals surface area contributed by atoms with Crippen molar-refractivity contribution in [3.05, 3.63) is 68.1 Å². The standard InChI is InChI=1S/C23H26N4O5/c28-22-5-1-4-20-17-9-15(13-26(20)22)12-25(14-17)23(29)16-6-7-19(21(10-16)27(30)31)24-11-18-3-2-8-32-18/h1,4-7,10,15,17-18,24H,2-3,8-9,11-14H2/t15-,17+,18-/m1/s1. The van der Waals surface area contributed by atoms with Crippen LogP contribution in [-0.4, -0.2) is 52.6 Å². The van der Waals surface area contributed by atoms with Gasteiger partial charge < -0.3 is 19.5 Å². The summed E-state index contributed by atoms with van der Waals surface area (Å²) in [6, 6.07) is 9.91. The van der Waals surface area contributed by atoms with Crippen LogP contribution in [0.4, 0.5) is 11.4 Å². The highest BCUT2D eigenvalue weighted by Crippen LogP contribution is 2.36. The van der Waals surface area contributed by atoms with Crippen molar-refractivity contribution in [2.45, 2.75) is 37.8 Å². The van der Waals surface area contributed by atoms with Gasteiger partial charge in [0.05, 0.1) is 11.0 Å². The van der Waals surface area contributed by atoms with E-state index in [4.69, 9.17) is 4.74 Å². The molecule has 4 heterocycles. The van der Waals surface area contributed by atoms with Crippen LogP contribution in [0.25, 0.3) is 0 Å². The van der Waals surface area contributed by atoms with Crippen molar-refractivity contribution in [1.29, 1.82) is 0 Å². The Balaban J connectivity index is 1.34. The van der Waals surface area contributed by atoms with Crippen LogP contribution >= 0.6 is 0 Å². The van der Waals surface area contributed by atoms with Crippen LogP contribution in [0.1, 0.15) is 41.2 Å². The van der Waals surface area contributed by atoms with Crippen LogP contribution in [0.5, 0.6) is 0 Å². The summed E-state index contributed by atoms with van der Waals surface area (Å²) in [6.45, 7) is 2.87. The summed E-state index contributed by atoms with van der Waals surface area (Å²) in [6.07, 6.45) is 2.93. The molecule has 0 unspecified atom stereocenters. The summed E-state index contributed by atoms with van der Waals surface area (Å²) >= 11 is 0. The highest BCUT2D eigenvalue weighted by Gasteiger charge is 2.36. The number of ether oxygens (including phenoxy) is 1. The molecule has 3 atom stereocenters. The largest absolute Gasteiger partial charge is 0.377 e. The Morgan fingerprint density at radius 2 is 2.09 bits per heavy atom. The molecule has 1 aromatic carbocycles. The molecule has 168 valence electrons. The first kappa shape index (κ1) is 20.7. The highest BCUT2D eigenvalue weighted by atomic mass is 16.6. The third-order valence-corrected chi connectivity index (χ3v) is 6.75. The molecule has 3 aliphatic heterocycles. The van der Waals surface area contributed by atoms with Crippen molar-refractivity contribution < 1.29 is 14.5 Å². The van der Waals surface area contributed by atoms with Gasteiger partial charge in [-0.3, -0.25) is 19.7 Å². The fourth-order valence-corrected chi connectivity index (χ4v) is 5.24. The molecule has 0 spiro atoms. The molecular weight excluding hydrogens is 412 g/mol. The minimum Gasteiger partial charge on any atom is -0.377 e. The fourth-order valence-electron chi connectivity index (χ4n) is 5.24. The minimum atomic E-state index is -0.456. The van der Waals surface area contributed by atoms with E-state index in [-0.39, 0.29) is 35.1 Å². The Kier molecular flexibility index (Phi) is 5.42. The lowest BCUT2D eigenvalue weighted by Gasteiger charge is -2.42. The van der Waals surface area contributed by atoms with Gasteiger partial charge in [-0.15, -0.1) is 0 Å². The first-order valence-corrected chi connectivity index (χ1v) is 11.1. The SMILES string of the molecule is O=C(c1ccc(NC[C@H]2CCCO2)c([N+](=O)[O-])c1)N1C[C@H]2C[C@@H](C1)c1cccc(=O)n1C2. The van der Waals surface area contributed by atoms with Crippen molar-refractivity contribution in [3.63, 3.8) is 0 Å². The predicted molar refractivity (Wildman–Crippen MR) is 118 cm³/mol. The number of pyridine rings is 1. The van der Waals surface area contributed by atoms with E-state index in [9.17, 15) is 19.7 Å². The summed E-state index contributed by atoms with van der Waals surface area (Å²) < 4.78 is 7.39. The molecule has 1 amide bonds. The van der Waals surface area contributed by atoms with E-state index in [0.29, 0.717) is 37.4 Å². The van der Waals surface area contributed by atoms with Crippen molar-refractivity contribution in [3.8, 4) is 0 Å². The maximum Gasteiger partial charge on any atom is 0.293 e. The van der Waals surface area contributed by atoms with Gasteiger partial charge in [-0.1, -0.05) is 6.07 Å². The Bertz CT molecular complexity index is 1110. The maximum atomic E-state index is 13.3. The van der Waals surface area contributed by atoms with E-state index in [1.807, 2.05) is 10.6 Å². The van der Waals surface area contributed by atoms with Crippen LogP contribution in [-0.2, 0) is 11.3 Å². The molecule has 0 aliphatic carbocycles. The molecule has 1 N–H and O–H groups in total. The number of nitro groups is 1. The minimum absolute atomic E-state index is 0.00121. The average Bonchev–Trinajstić information content (AvgIpc) is 3.31. The Hall–Kier alpha value is -3.20. The number of fused-ring (bicyclic) bond motifs is 4. The average molecular weight is 438 g/mol. The second-order valence-corrected chi connectivity index (χ2v) is 8.91. The molecule has 2 saturated heterocycles. The molecule has 9 heteroatoms. The zero-order valence-corrected chi connectivity index (χ0v) is 17.7. The molecule has 2 fully saturated rings. The second-order valence-electron chi connectivity index (χ2n) is 8.91. The Labute approximate surface area is 185 Å². The maximum absolute atomic E-state index is 13.3. The first-order valence-electron chi connectivity index (χ1n) is 11.1. The van der Waals surface area contributed by atoms with Gasteiger partial charge in [0, 0.05) is 62.1 Å².